The number of aryl methyl sites for hydroxylation is 1. The lowest BCUT2D eigenvalue weighted by molar-refractivity contribution is 0.100. The first-order chi connectivity index (χ1) is 10.9. The van der Waals surface area contributed by atoms with Crippen molar-refractivity contribution in [3.63, 3.8) is 0 Å². The number of ether oxygens (including phenoxy) is 1. The van der Waals surface area contributed by atoms with Crippen LogP contribution >= 0.6 is 0 Å². The molecule has 0 atom stereocenters. The maximum Gasteiger partial charge on any atom is 0.261 e. The highest BCUT2D eigenvalue weighted by molar-refractivity contribution is 7.92. The smallest absolute Gasteiger partial charge is 0.261 e. The van der Waals surface area contributed by atoms with E-state index in [4.69, 9.17) is 10.5 Å². The van der Waals surface area contributed by atoms with E-state index in [1.165, 1.54) is 25.3 Å². The first kappa shape index (κ1) is 16.8. The van der Waals surface area contributed by atoms with Gasteiger partial charge in [-0.25, -0.2) is 8.42 Å². The third kappa shape index (κ3) is 3.62. The van der Waals surface area contributed by atoms with E-state index in [2.05, 4.69) is 4.72 Å². The van der Waals surface area contributed by atoms with Crippen molar-refractivity contribution in [2.75, 3.05) is 11.8 Å². The zero-order valence-electron chi connectivity index (χ0n) is 12.9. The summed E-state index contributed by atoms with van der Waals surface area (Å²) in [6, 6.07) is 10.8. The second-order valence-electron chi connectivity index (χ2n) is 4.84. The van der Waals surface area contributed by atoms with Crippen molar-refractivity contribution in [1.29, 1.82) is 0 Å². The maximum absolute atomic E-state index is 12.5. The van der Waals surface area contributed by atoms with Crippen LogP contribution in [0.2, 0.25) is 0 Å². The number of benzene rings is 2. The normalized spacial score (nSPS) is 11.0. The molecule has 0 fully saturated rings. The summed E-state index contributed by atoms with van der Waals surface area (Å²) in [5.41, 5.74) is 6.30. The number of amides is 1. The zero-order chi connectivity index (χ0) is 17.0. The van der Waals surface area contributed by atoms with Gasteiger partial charge in [0.05, 0.1) is 23.3 Å². The van der Waals surface area contributed by atoms with Gasteiger partial charge in [0.2, 0.25) is 0 Å². The fourth-order valence-electron chi connectivity index (χ4n) is 2.19. The Balaban J connectivity index is 2.42. The number of anilines is 1. The van der Waals surface area contributed by atoms with Crippen molar-refractivity contribution in [3.05, 3.63) is 53.6 Å². The number of sulfonamides is 1. The van der Waals surface area contributed by atoms with Gasteiger partial charge in [0.1, 0.15) is 5.75 Å². The van der Waals surface area contributed by atoms with Gasteiger partial charge >= 0.3 is 0 Å². The fraction of sp³-hybridized carbons (Fsp3) is 0.188. The number of hydrogen-bond donors (Lipinski definition) is 2. The third-order valence-corrected chi connectivity index (χ3v) is 4.74. The van der Waals surface area contributed by atoms with Crippen LogP contribution in [0.3, 0.4) is 0 Å². The Morgan fingerprint density at radius 2 is 1.91 bits per heavy atom. The number of carbonyl (C=O) groups is 1. The molecule has 3 N–H and O–H groups in total. The first-order valence-electron chi connectivity index (χ1n) is 6.97. The molecule has 0 saturated carbocycles. The Bertz CT molecular complexity index is 832. The molecule has 0 unspecified atom stereocenters. The molecule has 0 aliphatic heterocycles. The molecule has 6 nitrogen and oxygen atoms in total. The highest BCUT2D eigenvalue weighted by atomic mass is 32.2. The molecule has 1 amide bonds. The summed E-state index contributed by atoms with van der Waals surface area (Å²) in [4.78, 5) is 11.5. The molecule has 0 aliphatic carbocycles. The summed E-state index contributed by atoms with van der Waals surface area (Å²) in [6.07, 6.45) is 0.629. The topological polar surface area (TPSA) is 98.5 Å². The molecule has 0 aliphatic rings. The van der Waals surface area contributed by atoms with Crippen LogP contribution in [0.1, 0.15) is 22.8 Å². The molecule has 2 aromatic carbocycles. The van der Waals surface area contributed by atoms with E-state index in [-0.39, 0.29) is 16.1 Å². The quantitative estimate of drug-likeness (QED) is 0.845. The van der Waals surface area contributed by atoms with Crippen molar-refractivity contribution in [2.24, 2.45) is 5.73 Å². The van der Waals surface area contributed by atoms with Gasteiger partial charge in [0.25, 0.3) is 15.9 Å². The van der Waals surface area contributed by atoms with E-state index in [1.54, 1.807) is 24.3 Å². The van der Waals surface area contributed by atoms with Crippen LogP contribution in [0.4, 0.5) is 5.69 Å². The van der Waals surface area contributed by atoms with Gasteiger partial charge in [-0.3, -0.25) is 9.52 Å². The number of methoxy groups -OCH3 is 1. The van der Waals surface area contributed by atoms with E-state index in [0.717, 1.165) is 5.56 Å². The van der Waals surface area contributed by atoms with Gasteiger partial charge in [-0.2, -0.15) is 0 Å². The van der Waals surface area contributed by atoms with Gasteiger partial charge in [0, 0.05) is 0 Å². The second kappa shape index (κ2) is 6.70. The standard InChI is InChI=1S/C16H18N2O4S/c1-3-11-10-12(8-9-15(11)22-2)23(20,21)18-14-7-5-4-6-13(14)16(17)19/h4-10,18H,3H2,1-2H3,(H2,17,19). The van der Waals surface area contributed by atoms with Crippen molar-refractivity contribution in [3.8, 4) is 5.75 Å². The Morgan fingerprint density at radius 3 is 2.52 bits per heavy atom. The average molecular weight is 334 g/mol. The second-order valence-corrected chi connectivity index (χ2v) is 6.52. The van der Waals surface area contributed by atoms with Gasteiger partial charge in [-0.15, -0.1) is 0 Å². The number of carbonyl (C=O) groups excluding carboxylic acids is 1. The number of hydrogen-bond acceptors (Lipinski definition) is 4. The summed E-state index contributed by atoms with van der Waals surface area (Å²) in [5, 5.41) is 0. The summed E-state index contributed by atoms with van der Waals surface area (Å²) in [7, 11) is -2.31. The molecular weight excluding hydrogens is 316 g/mol. The number of nitrogens with one attached hydrogen (secondary N) is 1. The molecule has 2 aromatic rings. The van der Waals surface area contributed by atoms with Crippen molar-refractivity contribution in [1.82, 2.24) is 0 Å². The van der Waals surface area contributed by atoms with Crippen LogP contribution in [0.25, 0.3) is 0 Å². The third-order valence-electron chi connectivity index (χ3n) is 3.38. The minimum Gasteiger partial charge on any atom is -0.496 e. The summed E-state index contributed by atoms with van der Waals surface area (Å²) in [5.74, 6) is -0.0729. The van der Waals surface area contributed by atoms with Crippen molar-refractivity contribution in [2.45, 2.75) is 18.2 Å². The van der Waals surface area contributed by atoms with E-state index in [0.29, 0.717) is 12.2 Å². The molecule has 23 heavy (non-hydrogen) atoms. The summed E-state index contributed by atoms with van der Waals surface area (Å²) in [6.45, 7) is 1.91. The molecule has 2 rings (SSSR count). The lowest BCUT2D eigenvalue weighted by Gasteiger charge is -2.13. The van der Waals surface area contributed by atoms with Crippen LogP contribution in [-0.4, -0.2) is 21.4 Å². The van der Waals surface area contributed by atoms with E-state index >= 15 is 0 Å². The summed E-state index contributed by atoms with van der Waals surface area (Å²) < 4.78 is 32.7. The van der Waals surface area contributed by atoms with Gasteiger partial charge in [-0.05, 0) is 42.3 Å². The van der Waals surface area contributed by atoms with Gasteiger partial charge in [0.15, 0.2) is 0 Å². The Labute approximate surface area is 135 Å². The van der Waals surface area contributed by atoms with Crippen LogP contribution in [0, 0.1) is 0 Å². The molecule has 0 bridgehead atoms. The summed E-state index contributed by atoms with van der Waals surface area (Å²) >= 11 is 0. The minimum absolute atomic E-state index is 0.0921. The van der Waals surface area contributed by atoms with E-state index < -0.39 is 15.9 Å². The van der Waals surface area contributed by atoms with Crippen LogP contribution in [-0.2, 0) is 16.4 Å². The van der Waals surface area contributed by atoms with Crippen LogP contribution < -0.4 is 15.2 Å². The molecule has 0 spiro atoms. The minimum atomic E-state index is -3.84. The maximum atomic E-state index is 12.5. The van der Waals surface area contributed by atoms with Crippen molar-refractivity contribution < 1.29 is 17.9 Å². The highest BCUT2D eigenvalue weighted by Crippen LogP contribution is 2.25. The van der Waals surface area contributed by atoms with Crippen molar-refractivity contribution >= 4 is 21.6 Å². The fourth-order valence-corrected chi connectivity index (χ4v) is 3.32. The first-order valence-corrected chi connectivity index (χ1v) is 8.46. The Morgan fingerprint density at radius 1 is 1.22 bits per heavy atom. The van der Waals surface area contributed by atoms with Crippen LogP contribution in [0.5, 0.6) is 5.75 Å². The lowest BCUT2D eigenvalue weighted by Crippen LogP contribution is -2.18. The number of nitrogens with two attached hydrogens (primary N) is 1. The SMILES string of the molecule is CCc1cc(S(=O)(=O)Nc2ccccc2C(N)=O)ccc1OC. The van der Waals surface area contributed by atoms with Crippen LogP contribution in [0.15, 0.2) is 47.4 Å². The van der Waals surface area contributed by atoms with E-state index in [1.807, 2.05) is 6.92 Å². The largest absolute Gasteiger partial charge is 0.496 e. The van der Waals surface area contributed by atoms with Gasteiger partial charge in [-0.1, -0.05) is 19.1 Å². The number of para-hydroxylation sites is 1. The van der Waals surface area contributed by atoms with E-state index in [9.17, 15) is 13.2 Å². The predicted octanol–water partition coefficient (Wildman–Crippen LogP) is 2.16. The predicted molar refractivity (Wildman–Crippen MR) is 88.1 cm³/mol. The molecular formula is C16H18N2O4S. The molecule has 122 valence electrons. The Hall–Kier alpha value is -2.54. The molecule has 0 aromatic heterocycles. The lowest BCUT2D eigenvalue weighted by atomic mass is 10.1. The monoisotopic (exact) mass is 334 g/mol. The zero-order valence-corrected chi connectivity index (χ0v) is 13.7. The highest BCUT2D eigenvalue weighted by Gasteiger charge is 2.19. The molecule has 7 heteroatoms. The molecule has 0 heterocycles. The average Bonchev–Trinajstić information content (AvgIpc) is 2.54. The number of primary amides is 1. The Kier molecular flexibility index (Phi) is 4.90. The molecule has 0 saturated heterocycles. The van der Waals surface area contributed by atoms with Gasteiger partial charge < -0.3 is 10.5 Å². The molecule has 0 radical (unpaired) electrons. The number of rotatable bonds is 6.